The molecular weight excluding hydrogens is 264 g/mol. The van der Waals surface area contributed by atoms with Crippen LogP contribution in [0.15, 0.2) is 29.1 Å². The van der Waals surface area contributed by atoms with E-state index in [1.54, 1.807) is 0 Å². The van der Waals surface area contributed by atoms with E-state index in [1.807, 2.05) is 24.3 Å². The number of hydrogen-bond donors (Lipinski definition) is 1. The predicted molar refractivity (Wildman–Crippen MR) is 83.6 cm³/mol. The first-order valence-electron chi connectivity index (χ1n) is 7.66. The highest BCUT2D eigenvalue weighted by Gasteiger charge is 2.10. The van der Waals surface area contributed by atoms with Gasteiger partial charge in [-0.2, -0.15) is 4.52 Å². The van der Waals surface area contributed by atoms with Crippen LogP contribution in [0.25, 0.3) is 16.6 Å². The molecule has 0 aliphatic heterocycles. The van der Waals surface area contributed by atoms with Crippen LogP contribution in [0.2, 0.25) is 0 Å². The van der Waals surface area contributed by atoms with E-state index >= 15 is 0 Å². The number of H-pyrrole nitrogens is 1. The van der Waals surface area contributed by atoms with Crippen LogP contribution in [-0.4, -0.2) is 19.6 Å². The smallest absolute Gasteiger partial charge is 0.305 e. The van der Waals surface area contributed by atoms with Gasteiger partial charge < -0.3 is 4.98 Å². The Morgan fingerprint density at radius 1 is 1.14 bits per heavy atom. The lowest BCUT2D eigenvalue weighted by molar-refractivity contribution is 0.621. The van der Waals surface area contributed by atoms with Crippen LogP contribution < -0.4 is 5.69 Å². The maximum Gasteiger partial charge on any atom is 0.348 e. The van der Waals surface area contributed by atoms with Gasteiger partial charge in [0.1, 0.15) is 0 Å². The molecule has 0 saturated carbocycles. The Kier molecular flexibility index (Phi) is 3.99. The maximum absolute atomic E-state index is 12.0. The van der Waals surface area contributed by atoms with Gasteiger partial charge in [0, 0.05) is 11.8 Å². The van der Waals surface area contributed by atoms with Crippen molar-refractivity contribution in [1.29, 1.82) is 0 Å². The Morgan fingerprint density at radius 2 is 1.95 bits per heavy atom. The third kappa shape index (κ3) is 2.82. The van der Waals surface area contributed by atoms with Crippen LogP contribution in [-0.2, 0) is 6.42 Å². The molecule has 0 fully saturated rings. The lowest BCUT2D eigenvalue weighted by atomic mass is 10.1. The van der Waals surface area contributed by atoms with E-state index in [9.17, 15) is 4.79 Å². The summed E-state index contributed by atoms with van der Waals surface area (Å²) in [5.41, 5.74) is 1.23. The van der Waals surface area contributed by atoms with Crippen LogP contribution in [0.3, 0.4) is 0 Å². The van der Waals surface area contributed by atoms with Gasteiger partial charge in [-0.1, -0.05) is 44.7 Å². The Balaban J connectivity index is 1.87. The molecule has 0 amide bonds. The van der Waals surface area contributed by atoms with E-state index in [-0.39, 0.29) is 5.69 Å². The largest absolute Gasteiger partial charge is 0.348 e. The fourth-order valence-electron chi connectivity index (χ4n) is 2.62. The second kappa shape index (κ2) is 6.08. The van der Waals surface area contributed by atoms with Crippen molar-refractivity contribution in [2.45, 2.75) is 45.4 Å². The van der Waals surface area contributed by atoms with Crippen LogP contribution in [0.5, 0.6) is 0 Å². The van der Waals surface area contributed by atoms with E-state index < -0.39 is 0 Å². The third-order valence-corrected chi connectivity index (χ3v) is 3.76. The molecule has 1 N–H and O–H groups in total. The number of nitrogens with zero attached hydrogens (tertiary/aromatic N) is 3. The fraction of sp³-hybridized carbons (Fsp3) is 0.438. The van der Waals surface area contributed by atoms with E-state index in [0.29, 0.717) is 5.65 Å². The molecule has 2 aromatic heterocycles. The first-order chi connectivity index (χ1) is 10.3. The molecule has 0 saturated heterocycles. The van der Waals surface area contributed by atoms with Crippen LogP contribution >= 0.6 is 0 Å². The summed E-state index contributed by atoms with van der Waals surface area (Å²) < 4.78 is 1.38. The monoisotopic (exact) mass is 284 g/mol. The fourth-order valence-corrected chi connectivity index (χ4v) is 2.62. The molecule has 2 heterocycles. The standard InChI is InChI=1S/C16H20N4O/c1-2-3-4-5-6-11-14-18-15-12-9-7-8-10-13(12)17-16(21)20(15)19-14/h7-10H,2-6,11H2,1H3,(H,17,21). The Bertz CT molecular complexity index is 803. The number of unbranched alkanes of at least 4 members (excludes halogenated alkanes) is 4. The molecule has 0 aliphatic rings. The number of fused-ring (bicyclic) bond motifs is 3. The van der Waals surface area contributed by atoms with Gasteiger partial charge in [-0.3, -0.25) is 0 Å². The minimum Gasteiger partial charge on any atom is -0.305 e. The molecule has 110 valence electrons. The molecule has 0 unspecified atom stereocenters. The van der Waals surface area contributed by atoms with Crippen molar-refractivity contribution >= 4 is 16.6 Å². The van der Waals surface area contributed by atoms with Gasteiger partial charge in [0.2, 0.25) is 0 Å². The van der Waals surface area contributed by atoms with Gasteiger partial charge in [-0.05, 0) is 18.6 Å². The van der Waals surface area contributed by atoms with E-state index in [4.69, 9.17) is 0 Å². The number of aromatic nitrogens is 4. The summed E-state index contributed by atoms with van der Waals surface area (Å²) in [6.07, 6.45) is 6.89. The molecule has 0 bridgehead atoms. The summed E-state index contributed by atoms with van der Waals surface area (Å²) >= 11 is 0. The molecule has 3 rings (SSSR count). The van der Waals surface area contributed by atoms with Gasteiger partial charge in [0.25, 0.3) is 0 Å². The zero-order valence-corrected chi connectivity index (χ0v) is 12.3. The number of rotatable bonds is 6. The van der Waals surface area contributed by atoms with Crippen LogP contribution in [0, 0.1) is 0 Å². The molecule has 3 aromatic rings. The van der Waals surface area contributed by atoms with Crippen molar-refractivity contribution < 1.29 is 0 Å². The lowest BCUT2D eigenvalue weighted by Gasteiger charge is -1.97. The molecule has 0 aliphatic carbocycles. The molecule has 0 spiro atoms. The Labute approximate surface area is 123 Å². The SMILES string of the molecule is CCCCCCCc1nc2c3ccccc3[nH]c(=O)n2n1. The topological polar surface area (TPSA) is 63.0 Å². The summed E-state index contributed by atoms with van der Waals surface area (Å²) in [5, 5.41) is 5.27. The second-order valence-corrected chi connectivity index (χ2v) is 5.40. The Morgan fingerprint density at radius 3 is 2.81 bits per heavy atom. The van der Waals surface area contributed by atoms with Crippen molar-refractivity contribution in [3.05, 3.63) is 40.6 Å². The molecule has 1 aromatic carbocycles. The maximum atomic E-state index is 12.0. The summed E-state index contributed by atoms with van der Waals surface area (Å²) in [6.45, 7) is 2.21. The van der Waals surface area contributed by atoms with E-state index in [1.165, 1.54) is 30.2 Å². The quantitative estimate of drug-likeness (QED) is 0.707. The summed E-state index contributed by atoms with van der Waals surface area (Å²) in [6, 6.07) is 7.69. The first-order valence-corrected chi connectivity index (χ1v) is 7.66. The average Bonchev–Trinajstić information content (AvgIpc) is 2.92. The highest BCUT2D eigenvalue weighted by Crippen LogP contribution is 2.15. The first kappa shape index (κ1) is 13.8. The van der Waals surface area contributed by atoms with Gasteiger partial charge >= 0.3 is 5.69 Å². The average molecular weight is 284 g/mol. The van der Waals surface area contributed by atoms with Gasteiger partial charge in [-0.15, -0.1) is 5.10 Å². The summed E-state index contributed by atoms with van der Waals surface area (Å²) in [4.78, 5) is 19.4. The number of para-hydroxylation sites is 1. The van der Waals surface area contributed by atoms with Crippen molar-refractivity contribution in [1.82, 2.24) is 19.6 Å². The predicted octanol–water partition coefficient (Wildman–Crippen LogP) is 3.08. The Hall–Kier alpha value is -2.17. The van der Waals surface area contributed by atoms with Crippen LogP contribution in [0.4, 0.5) is 0 Å². The van der Waals surface area contributed by atoms with E-state index in [0.717, 1.165) is 29.6 Å². The molecule has 0 radical (unpaired) electrons. The number of nitrogens with one attached hydrogen (secondary N) is 1. The zero-order chi connectivity index (χ0) is 14.7. The number of aryl methyl sites for hydroxylation is 1. The highest BCUT2D eigenvalue weighted by atomic mass is 16.1. The van der Waals surface area contributed by atoms with Gasteiger partial charge in [-0.25, -0.2) is 9.78 Å². The van der Waals surface area contributed by atoms with Crippen LogP contribution in [0.1, 0.15) is 44.9 Å². The number of benzene rings is 1. The number of aromatic amines is 1. The molecule has 0 atom stereocenters. The van der Waals surface area contributed by atoms with Gasteiger partial charge in [0.05, 0.1) is 5.52 Å². The van der Waals surface area contributed by atoms with Crippen molar-refractivity contribution in [2.24, 2.45) is 0 Å². The zero-order valence-electron chi connectivity index (χ0n) is 12.3. The third-order valence-electron chi connectivity index (χ3n) is 3.76. The molecule has 5 nitrogen and oxygen atoms in total. The minimum absolute atomic E-state index is 0.228. The van der Waals surface area contributed by atoms with Crippen molar-refractivity contribution in [3.63, 3.8) is 0 Å². The lowest BCUT2D eigenvalue weighted by Crippen LogP contribution is -2.17. The molecule has 5 heteroatoms. The summed E-state index contributed by atoms with van der Waals surface area (Å²) in [7, 11) is 0. The van der Waals surface area contributed by atoms with Gasteiger partial charge in [0.15, 0.2) is 11.5 Å². The van der Waals surface area contributed by atoms with Crippen molar-refractivity contribution in [3.8, 4) is 0 Å². The molecular formula is C16H20N4O. The van der Waals surface area contributed by atoms with E-state index in [2.05, 4.69) is 22.0 Å². The number of hydrogen-bond acceptors (Lipinski definition) is 3. The molecule has 21 heavy (non-hydrogen) atoms. The highest BCUT2D eigenvalue weighted by molar-refractivity contribution is 5.90. The van der Waals surface area contributed by atoms with Crippen molar-refractivity contribution in [2.75, 3.05) is 0 Å². The minimum atomic E-state index is -0.228. The normalized spacial score (nSPS) is 11.5. The summed E-state index contributed by atoms with van der Waals surface area (Å²) in [5.74, 6) is 0.758. The second-order valence-electron chi connectivity index (χ2n) is 5.40.